The van der Waals surface area contributed by atoms with Gasteiger partial charge in [-0.1, -0.05) is 81.4 Å². The highest BCUT2D eigenvalue weighted by molar-refractivity contribution is 5.34. The third-order valence-electron chi connectivity index (χ3n) is 5.86. The minimum Gasteiger partial charge on any atom is -0.326 e. The first-order valence-corrected chi connectivity index (χ1v) is 11.6. The van der Waals surface area contributed by atoms with Crippen LogP contribution in [0.1, 0.15) is 71.3 Å². The molecule has 0 fully saturated rings. The van der Waals surface area contributed by atoms with E-state index in [4.69, 9.17) is 17.2 Å². The zero-order chi connectivity index (χ0) is 24.1. The van der Waals surface area contributed by atoms with E-state index < -0.39 is 0 Å². The van der Waals surface area contributed by atoms with Crippen LogP contribution in [0.15, 0.2) is 54.6 Å². The highest BCUT2D eigenvalue weighted by Gasteiger charge is 2.00. The van der Waals surface area contributed by atoms with Crippen LogP contribution in [-0.4, -0.2) is 0 Å². The summed E-state index contributed by atoms with van der Waals surface area (Å²) in [7, 11) is 0. The fourth-order valence-corrected chi connectivity index (χ4v) is 3.57. The van der Waals surface area contributed by atoms with Crippen LogP contribution < -0.4 is 17.2 Å². The maximum Gasteiger partial charge on any atom is 0.0183 e. The molecule has 3 aromatic rings. The summed E-state index contributed by atoms with van der Waals surface area (Å²) in [4.78, 5) is 0. The molecule has 3 aromatic carbocycles. The Morgan fingerprint density at radius 2 is 1.15 bits per heavy atom. The average molecular weight is 450 g/mol. The summed E-state index contributed by atoms with van der Waals surface area (Å²) >= 11 is 0. The lowest BCUT2D eigenvalue weighted by Crippen LogP contribution is -2.03. The van der Waals surface area contributed by atoms with E-state index in [1.54, 1.807) is 0 Å². The van der Waals surface area contributed by atoms with Gasteiger partial charge in [0, 0.05) is 19.6 Å². The maximum absolute atomic E-state index is 5.63. The molecule has 3 nitrogen and oxygen atoms in total. The number of aryl methyl sites for hydroxylation is 6. The minimum atomic E-state index is 0. The maximum atomic E-state index is 5.63. The zero-order valence-corrected chi connectivity index (χ0v) is 21.0. The second-order valence-corrected chi connectivity index (χ2v) is 8.22. The summed E-state index contributed by atoms with van der Waals surface area (Å²) in [6.45, 7) is 14.7. The molecule has 3 heteroatoms. The van der Waals surface area contributed by atoms with E-state index in [9.17, 15) is 0 Å². The lowest BCUT2D eigenvalue weighted by atomic mass is 10.0. The summed E-state index contributed by atoms with van der Waals surface area (Å²) in [6.07, 6.45) is 2.17. The summed E-state index contributed by atoms with van der Waals surface area (Å²) in [5.74, 6) is 0. The van der Waals surface area contributed by atoms with Gasteiger partial charge < -0.3 is 17.2 Å². The highest BCUT2D eigenvalue weighted by Crippen LogP contribution is 2.13. The van der Waals surface area contributed by atoms with Crippen molar-refractivity contribution in [3.63, 3.8) is 0 Å². The number of rotatable bonds is 5. The molecule has 0 bridgehead atoms. The van der Waals surface area contributed by atoms with Crippen molar-refractivity contribution in [1.29, 1.82) is 0 Å². The van der Waals surface area contributed by atoms with E-state index in [0.717, 1.165) is 12.8 Å². The molecule has 0 radical (unpaired) electrons. The number of hydrogen-bond donors (Lipinski definition) is 3. The van der Waals surface area contributed by atoms with E-state index in [1.807, 2.05) is 0 Å². The predicted molar refractivity (Wildman–Crippen MR) is 147 cm³/mol. The monoisotopic (exact) mass is 449 g/mol. The molecule has 0 aromatic heterocycles. The predicted octanol–water partition coefficient (Wildman–Crippen LogP) is 6.43. The number of benzene rings is 3. The summed E-state index contributed by atoms with van der Waals surface area (Å²) in [5, 5.41) is 0. The molecule has 0 aliphatic carbocycles. The largest absolute Gasteiger partial charge is 0.326 e. The van der Waals surface area contributed by atoms with Crippen LogP contribution in [-0.2, 0) is 32.5 Å². The average Bonchev–Trinajstić information content (AvgIpc) is 2.81. The molecule has 0 heterocycles. The lowest BCUT2D eigenvalue weighted by molar-refractivity contribution is 0.986. The molecule has 0 spiro atoms. The first kappa shape index (κ1) is 30.5. The molecule has 33 heavy (non-hydrogen) atoms. The van der Waals surface area contributed by atoms with Gasteiger partial charge in [0.15, 0.2) is 0 Å². The number of hydrogen-bond acceptors (Lipinski definition) is 3. The van der Waals surface area contributed by atoms with Gasteiger partial charge in [-0.25, -0.2) is 0 Å². The molecule has 6 N–H and O–H groups in total. The number of nitrogens with two attached hydrogens (primary N) is 3. The van der Waals surface area contributed by atoms with E-state index in [0.29, 0.717) is 19.6 Å². The van der Waals surface area contributed by atoms with Gasteiger partial charge in [-0.05, 0) is 85.0 Å². The second-order valence-electron chi connectivity index (χ2n) is 8.22. The Labute approximate surface area is 203 Å². The topological polar surface area (TPSA) is 78.1 Å². The van der Waals surface area contributed by atoms with Crippen LogP contribution in [0, 0.1) is 27.7 Å². The molecule has 0 unspecified atom stereocenters. The van der Waals surface area contributed by atoms with Crippen molar-refractivity contribution in [1.82, 2.24) is 0 Å². The molecule has 182 valence electrons. The Morgan fingerprint density at radius 1 is 0.576 bits per heavy atom. The van der Waals surface area contributed by atoms with Gasteiger partial charge in [0.25, 0.3) is 0 Å². The van der Waals surface area contributed by atoms with E-state index >= 15 is 0 Å². The molecular weight excluding hydrogens is 402 g/mol. The zero-order valence-electron chi connectivity index (χ0n) is 21.0. The van der Waals surface area contributed by atoms with Gasteiger partial charge in [-0.3, -0.25) is 0 Å². The first-order chi connectivity index (χ1) is 15.3. The molecule has 0 aliphatic heterocycles. The summed E-state index contributed by atoms with van der Waals surface area (Å²) in [6, 6.07) is 19.2. The Balaban J connectivity index is 0.000000459. The Hall–Kier alpha value is -2.46. The Morgan fingerprint density at radius 3 is 1.61 bits per heavy atom. The third kappa shape index (κ3) is 9.91. The smallest absolute Gasteiger partial charge is 0.0183 e. The highest BCUT2D eigenvalue weighted by atomic mass is 14.5. The van der Waals surface area contributed by atoms with Crippen molar-refractivity contribution in [2.75, 3.05) is 0 Å². The van der Waals surface area contributed by atoms with Crippen molar-refractivity contribution >= 4 is 0 Å². The molecule has 0 aliphatic rings. The van der Waals surface area contributed by atoms with Crippen LogP contribution in [0.3, 0.4) is 0 Å². The van der Waals surface area contributed by atoms with E-state index in [1.165, 1.54) is 50.1 Å². The van der Waals surface area contributed by atoms with Gasteiger partial charge in [0.2, 0.25) is 0 Å². The quantitative estimate of drug-likeness (QED) is 0.420. The van der Waals surface area contributed by atoms with Crippen LogP contribution >= 0.6 is 0 Å². The van der Waals surface area contributed by atoms with Crippen molar-refractivity contribution in [3.8, 4) is 0 Å². The van der Waals surface area contributed by atoms with Crippen LogP contribution in [0.25, 0.3) is 0 Å². The van der Waals surface area contributed by atoms with Gasteiger partial charge in [-0.15, -0.1) is 0 Å². The van der Waals surface area contributed by atoms with Crippen molar-refractivity contribution < 1.29 is 0 Å². The van der Waals surface area contributed by atoms with Crippen molar-refractivity contribution in [3.05, 3.63) is 105 Å². The SMILES string of the molecule is C.CCc1ccc(C)c(CN)c1.CCc1cccc(C)c1CN.Cc1ccc(C)c(CN)c1. The fraction of sp³-hybridized carbons (Fsp3) is 0.400. The third-order valence-corrected chi connectivity index (χ3v) is 5.86. The molecule has 3 rings (SSSR count). The van der Waals surface area contributed by atoms with Crippen molar-refractivity contribution in [2.45, 2.75) is 81.4 Å². The molecule has 0 saturated carbocycles. The molecule has 0 saturated heterocycles. The van der Waals surface area contributed by atoms with Gasteiger partial charge >= 0.3 is 0 Å². The van der Waals surface area contributed by atoms with Crippen molar-refractivity contribution in [2.24, 2.45) is 17.2 Å². The van der Waals surface area contributed by atoms with Crippen LogP contribution in [0.5, 0.6) is 0 Å². The second kappa shape index (κ2) is 16.2. The lowest BCUT2D eigenvalue weighted by Gasteiger charge is -2.07. The summed E-state index contributed by atoms with van der Waals surface area (Å²) < 4.78 is 0. The first-order valence-electron chi connectivity index (χ1n) is 11.6. The minimum absolute atomic E-state index is 0. The molecule has 0 atom stereocenters. The van der Waals surface area contributed by atoms with Gasteiger partial charge in [0.1, 0.15) is 0 Å². The Bertz CT molecular complexity index is 961. The van der Waals surface area contributed by atoms with E-state index in [-0.39, 0.29) is 7.43 Å². The van der Waals surface area contributed by atoms with Gasteiger partial charge in [-0.2, -0.15) is 0 Å². The van der Waals surface area contributed by atoms with E-state index in [2.05, 4.69) is 96.1 Å². The normalized spacial score (nSPS) is 9.73. The standard InChI is InChI=1S/2C10H15N.C9H13N.CH4/c1-3-9-5-4-8(2)10(6-9)7-11;1-3-9-6-4-5-8(2)10(9)7-11;1-7-3-4-8(2)9(5-7)6-10;/h2*4-6H,3,7,11H2,1-2H3;3-5H,6,10H2,1-2H3;1H4. The Kier molecular flexibility index (Phi) is 15.0. The fourth-order valence-electron chi connectivity index (χ4n) is 3.57. The molecule has 0 amide bonds. The van der Waals surface area contributed by atoms with Gasteiger partial charge in [0.05, 0.1) is 0 Å². The van der Waals surface area contributed by atoms with Crippen LogP contribution in [0.2, 0.25) is 0 Å². The van der Waals surface area contributed by atoms with Crippen LogP contribution in [0.4, 0.5) is 0 Å². The molecular formula is C30H47N3. The summed E-state index contributed by atoms with van der Waals surface area (Å²) in [5.41, 5.74) is 28.5.